The molecule has 3 rings (SSSR count). The second-order valence-corrected chi connectivity index (χ2v) is 6.53. The summed E-state index contributed by atoms with van der Waals surface area (Å²) in [6.45, 7) is 11.6. The van der Waals surface area contributed by atoms with E-state index in [-0.39, 0.29) is 18.4 Å². The highest BCUT2D eigenvalue weighted by Crippen LogP contribution is 2.49. The zero-order valence-electron chi connectivity index (χ0n) is 14.7. The molecule has 1 aromatic rings. The Kier molecular flexibility index (Phi) is 5.09. The third-order valence-corrected chi connectivity index (χ3v) is 5.01. The van der Waals surface area contributed by atoms with Crippen LogP contribution in [-0.4, -0.2) is 40.6 Å². The molecule has 136 valence electrons. The Morgan fingerprint density at radius 2 is 2.00 bits per heavy atom. The van der Waals surface area contributed by atoms with Gasteiger partial charge < -0.3 is 14.4 Å². The second-order valence-electron chi connectivity index (χ2n) is 6.53. The lowest BCUT2D eigenvalue weighted by molar-refractivity contribution is -0.205. The molecule has 0 radical (unpaired) electrons. The number of carbonyl (C=O) groups excluding carboxylic acids is 2. The van der Waals surface area contributed by atoms with E-state index >= 15 is 0 Å². The van der Waals surface area contributed by atoms with Crippen molar-refractivity contribution in [2.24, 2.45) is 0 Å². The van der Waals surface area contributed by atoms with Gasteiger partial charge in [0.1, 0.15) is 11.6 Å². The van der Waals surface area contributed by atoms with Gasteiger partial charge in [0.25, 0.3) is 5.91 Å². The number of ether oxygens (including phenoxy) is 2. The van der Waals surface area contributed by atoms with E-state index in [1.54, 1.807) is 17.1 Å². The van der Waals surface area contributed by atoms with Gasteiger partial charge in [0.05, 0.1) is 12.5 Å². The molecule has 2 aliphatic heterocycles. The maximum absolute atomic E-state index is 12.8. The van der Waals surface area contributed by atoms with E-state index < -0.39 is 23.7 Å². The molecule has 2 saturated heterocycles. The van der Waals surface area contributed by atoms with E-state index in [1.807, 2.05) is 30.3 Å². The Hall–Kier alpha value is -2.66. The minimum absolute atomic E-state index is 0.0586. The van der Waals surface area contributed by atoms with Gasteiger partial charge in [0, 0.05) is 13.0 Å². The molecule has 5 nitrogen and oxygen atoms in total. The van der Waals surface area contributed by atoms with Crippen LogP contribution in [0.1, 0.15) is 18.4 Å². The Bertz CT molecular complexity index is 729. The summed E-state index contributed by atoms with van der Waals surface area (Å²) in [4.78, 5) is 26.6. The van der Waals surface area contributed by atoms with E-state index in [2.05, 4.69) is 19.7 Å². The number of benzene rings is 1. The number of esters is 1. The van der Waals surface area contributed by atoms with Gasteiger partial charge in [-0.2, -0.15) is 0 Å². The molecule has 2 fully saturated rings. The summed E-state index contributed by atoms with van der Waals surface area (Å²) in [5.74, 6) is -0.687. The van der Waals surface area contributed by atoms with Crippen molar-refractivity contribution < 1.29 is 19.1 Å². The van der Waals surface area contributed by atoms with Crippen LogP contribution in [-0.2, 0) is 25.6 Å². The van der Waals surface area contributed by atoms with Crippen molar-refractivity contribution in [3.8, 4) is 0 Å². The number of likely N-dealkylation sites (tertiary alicyclic amines) is 1. The summed E-state index contributed by atoms with van der Waals surface area (Å²) in [6, 6.07) is 9.70. The molecule has 1 amide bonds. The first-order chi connectivity index (χ1) is 12.6. The second kappa shape index (κ2) is 7.30. The van der Waals surface area contributed by atoms with Gasteiger partial charge in [-0.05, 0) is 5.56 Å². The van der Waals surface area contributed by atoms with Crippen molar-refractivity contribution >= 4 is 11.9 Å². The summed E-state index contributed by atoms with van der Waals surface area (Å²) < 4.78 is 11.5. The average molecular weight is 353 g/mol. The quantitative estimate of drug-likeness (QED) is 0.430. The molecule has 0 aliphatic carbocycles. The highest BCUT2D eigenvalue weighted by Gasteiger charge is 2.69. The molecule has 1 aromatic carbocycles. The van der Waals surface area contributed by atoms with Crippen LogP contribution in [0.2, 0.25) is 0 Å². The van der Waals surface area contributed by atoms with E-state index in [9.17, 15) is 9.59 Å². The highest BCUT2D eigenvalue weighted by molar-refractivity contribution is 5.93. The van der Waals surface area contributed by atoms with Crippen molar-refractivity contribution in [2.75, 3.05) is 0 Å². The zero-order valence-corrected chi connectivity index (χ0v) is 14.7. The molecule has 4 atom stereocenters. The maximum atomic E-state index is 12.8. The standard InChI is InChI=1S/C21H23NO4/c1-4-10-18(23)26-19-20(24)22(14-15-11-8-7-9-12-15)21(19)13-16(5-2)25-17(21)6-3/h4-9,11-12,16-17,19H,1-3,10,13-14H2/t16-,17+,19-,21-/m0/s1. The number of rotatable bonds is 7. The zero-order chi connectivity index (χ0) is 18.7. The minimum Gasteiger partial charge on any atom is -0.449 e. The molecule has 0 unspecified atom stereocenters. The SMILES string of the molecule is C=CCC(=O)O[C@H]1C(=O)N(Cc2ccccc2)[C@]12C[C@H](C=C)O[C@@H]2C=C. The summed E-state index contributed by atoms with van der Waals surface area (Å²) in [5.41, 5.74) is 0.241. The number of amides is 1. The van der Waals surface area contributed by atoms with Gasteiger partial charge in [-0.3, -0.25) is 9.59 Å². The van der Waals surface area contributed by atoms with Crippen LogP contribution in [0, 0.1) is 0 Å². The first-order valence-electron chi connectivity index (χ1n) is 8.63. The topological polar surface area (TPSA) is 55.8 Å². The van der Waals surface area contributed by atoms with Crippen LogP contribution in [0.25, 0.3) is 0 Å². The van der Waals surface area contributed by atoms with Gasteiger partial charge in [-0.1, -0.05) is 48.6 Å². The minimum atomic E-state index is -0.883. The van der Waals surface area contributed by atoms with Crippen LogP contribution in [0.5, 0.6) is 0 Å². The van der Waals surface area contributed by atoms with Gasteiger partial charge in [-0.15, -0.1) is 19.7 Å². The molecule has 2 aliphatic rings. The Labute approximate surface area is 153 Å². The van der Waals surface area contributed by atoms with E-state index in [0.29, 0.717) is 13.0 Å². The van der Waals surface area contributed by atoms with Crippen LogP contribution in [0.4, 0.5) is 0 Å². The van der Waals surface area contributed by atoms with Gasteiger partial charge in [0.15, 0.2) is 0 Å². The Morgan fingerprint density at radius 1 is 1.27 bits per heavy atom. The Morgan fingerprint density at radius 3 is 2.62 bits per heavy atom. The van der Waals surface area contributed by atoms with E-state index in [0.717, 1.165) is 5.56 Å². The number of β-lactam (4-membered cyclic amide) rings is 1. The lowest BCUT2D eigenvalue weighted by atomic mass is 9.73. The van der Waals surface area contributed by atoms with E-state index in [4.69, 9.17) is 9.47 Å². The molecule has 0 N–H and O–H groups in total. The first-order valence-corrected chi connectivity index (χ1v) is 8.63. The predicted octanol–water partition coefficient (Wildman–Crippen LogP) is 2.79. The fourth-order valence-electron chi connectivity index (χ4n) is 3.79. The smallest absolute Gasteiger partial charge is 0.310 e. The first kappa shape index (κ1) is 18.1. The number of hydrogen-bond acceptors (Lipinski definition) is 4. The van der Waals surface area contributed by atoms with Crippen molar-refractivity contribution in [3.63, 3.8) is 0 Å². The lowest BCUT2D eigenvalue weighted by Gasteiger charge is -2.56. The van der Waals surface area contributed by atoms with Crippen LogP contribution < -0.4 is 0 Å². The van der Waals surface area contributed by atoms with Crippen molar-refractivity contribution in [1.29, 1.82) is 0 Å². The monoisotopic (exact) mass is 353 g/mol. The van der Waals surface area contributed by atoms with Crippen LogP contribution >= 0.6 is 0 Å². The lowest BCUT2D eigenvalue weighted by Crippen LogP contribution is -2.77. The normalized spacial score (nSPS) is 29.9. The molecular formula is C21H23NO4. The molecular weight excluding hydrogens is 330 g/mol. The summed E-state index contributed by atoms with van der Waals surface area (Å²) in [6.07, 6.45) is 3.85. The Balaban J connectivity index is 1.92. The fraction of sp³-hybridized carbons (Fsp3) is 0.333. The molecule has 0 aromatic heterocycles. The summed E-state index contributed by atoms with van der Waals surface area (Å²) in [7, 11) is 0. The van der Waals surface area contributed by atoms with Gasteiger partial charge in [0.2, 0.25) is 6.10 Å². The molecule has 1 spiro atoms. The van der Waals surface area contributed by atoms with Crippen molar-refractivity contribution in [1.82, 2.24) is 4.90 Å². The van der Waals surface area contributed by atoms with Crippen LogP contribution in [0.15, 0.2) is 68.3 Å². The van der Waals surface area contributed by atoms with Crippen molar-refractivity contribution in [2.45, 2.75) is 43.2 Å². The number of hydrogen-bond donors (Lipinski definition) is 0. The van der Waals surface area contributed by atoms with Gasteiger partial charge >= 0.3 is 5.97 Å². The number of nitrogens with zero attached hydrogens (tertiary/aromatic N) is 1. The average Bonchev–Trinajstić information content (AvgIpc) is 3.06. The van der Waals surface area contributed by atoms with Gasteiger partial charge in [-0.25, -0.2) is 0 Å². The maximum Gasteiger partial charge on any atom is 0.310 e. The third-order valence-electron chi connectivity index (χ3n) is 5.01. The van der Waals surface area contributed by atoms with Crippen molar-refractivity contribution in [3.05, 3.63) is 73.9 Å². The molecule has 2 heterocycles. The van der Waals surface area contributed by atoms with Crippen LogP contribution in [0.3, 0.4) is 0 Å². The highest BCUT2D eigenvalue weighted by atomic mass is 16.6. The molecule has 26 heavy (non-hydrogen) atoms. The molecule has 0 bridgehead atoms. The fourth-order valence-corrected chi connectivity index (χ4v) is 3.79. The largest absolute Gasteiger partial charge is 0.449 e. The van der Waals surface area contributed by atoms with E-state index in [1.165, 1.54) is 6.08 Å². The molecule has 5 heteroatoms. The number of carbonyl (C=O) groups is 2. The molecule has 0 saturated carbocycles. The third kappa shape index (κ3) is 2.88. The predicted molar refractivity (Wildman–Crippen MR) is 98.1 cm³/mol. The summed E-state index contributed by atoms with van der Waals surface area (Å²) >= 11 is 0. The summed E-state index contributed by atoms with van der Waals surface area (Å²) in [5, 5.41) is 0.